The van der Waals surface area contributed by atoms with Crippen LogP contribution in [0.1, 0.15) is 44.2 Å². The van der Waals surface area contributed by atoms with Crippen molar-refractivity contribution in [3.05, 3.63) is 63.4 Å². The third-order valence-corrected chi connectivity index (χ3v) is 6.97. The first-order valence-electron chi connectivity index (χ1n) is 11.3. The average molecular weight is 579 g/mol. The summed E-state index contributed by atoms with van der Waals surface area (Å²) in [6.45, 7) is 6.04. The van der Waals surface area contributed by atoms with Gasteiger partial charge in [0.15, 0.2) is 0 Å². The minimum Gasteiger partial charge on any atom is -0.480 e. The summed E-state index contributed by atoms with van der Waals surface area (Å²) in [6, 6.07) is 7.76. The Kier molecular flexibility index (Phi) is 8.08. The first kappa shape index (κ1) is 29.7. The number of hydrogen-bond acceptors (Lipinski definition) is 4. The molecule has 2 aliphatic heterocycles. The fourth-order valence-corrected chi connectivity index (χ4v) is 5.49. The van der Waals surface area contributed by atoms with E-state index >= 15 is 4.39 Å². The third kappa shape index (κ3) is 5.45. The molecule has 4 N–H and O–H groups in total. The highest BCUT2D eigenvalue weighted by Gasteiger charge is 2.66. The molecule has 4 atom stereocenters. The molecule has 1 amide bonds. The molecule has 0 aromatic heterocycles. The summed E-state index contributed by atoms with van der Waals surface area (Å²) >= 11 is 12.2. The second-order valence-electron chi connectivity index (χ2n) is 10.2. The molecule has 13 heteroatoms. The first-order valence-corrected chi connectivity index (χ1v) is 12.0. The largest absolute Gasteiger partial charge is 0.490 e. The number of carboxylic acids is 2. The first-order chi connectivity index (χ1) is 17.4. The molecule has 1 fully saturated rings. The van der Waals surface area contributed by atoms with Crippen molar-refractivity contribution in [3.8, 4) is 0 Å². The summed E-state index contributed by atoms with van der Waals surface area (Å²) in [4.78, 5) is 34.9. The Hall–Kier alpha value is -2.89. The van der Waals surface area contributed by atoms with Crippen LogP contribution in [0.15, 0.2) is 36.4 Å². The molecule has 2 heterocycles. The molecule has 1 unspecified atom stereocenters. The van der Waals surface area contributed by atoms with Crippen LogP contribution in [0.3, 0.4) is 0 Å². The standard InChI is InChI=1S/C23H23Cl2FN2O3.C2HF3O2/c1-22(2,3)10-16-23(13-8-7-11(24)9-15(13)27-21(23)31)17(19(28-16)20(29)30)12-5-4-6-14(25)18(12)26;3-2(4,5)1(6)7/h4-9,16-17,19,28H,10H2,1-3H3,(H,27,31)(H,29,30);(H,6,7)/t16-,17+,19?,23+;/m1./s1. The van der Waals surface area contributed by atoms with Crippen LogP contribution in [-0.2, 0) is 19.8 Å². The second-order valence-corrected chi connectivity index (χ2v) is 11.1. The van der Waals surface area contributed by atoms with E-state index in [0.29, 0.717) is 22.7 Å². The lowest BCUT2D eigenvalue weighted by Gasteiger charge is -2.37. The predicted molar refractivity (Wildman–Crippen MR) is 132 cm³/mol. The van der Waals surface area contributed by atoms with Crippen LogP contribution in [0.5, 0.6) is 0 Å². The molecule has 0 saturated carbocycles. The molecule has 0 radical (unpaired) electrons. The Bertz CT molecular complexity index is 1280. The van der Waals surface area contributed by atoms with Gasteiger partial charge in [-0.15, -0.1) is 0 Å². The number of hydrogen-bond donors (Lipinski definition) is 4. The van der Waals surface area contributed by atoms with E-state index in [0.717, 1.165) is 0 Å². The summed E-state index contributed by atoms with van der Waals surface area (Å²) in [6.07, 6.45) is -4.59. The number of carbonyl (C=O) groups is 3. The van der Waals surface area contributed by atoms with Gasteiger partial charge in [-0.25, -0.2) is 9.18 Å². The molecule has 2 aromatic rings. The maximum absolute atomic E-state index is 15.3. The van der Waals surface area contributed by atoms with Gasteiger partial charge in [0.25, 0.3) is 0 Å². The van der Waals surface area contributed by atoms with E-state index in [4.69, 9.17) is 33.1 Å². The Labute approximate surface area is 225 Å². The number of fused-ring (bicyclic) bond motifs is 2. The van der Waals surface area contributed by atoms with Crippen molar-refractivity contribution >= 4 is 46.7 Å². The summed E-state index contributed by atoms with van der Waals surface area (Å²) < 4.78 is 47.0. The predicted octanol–water partition coefficient (Wildman–Crippen LogP) is 5.60. The second kappa shape index (κ2) is 10.3. The van der Waals surface area contributed by atoms with Gasteiger partial charge in [-0.05, 0) is 41.2 Å². The number of aliphatic carboxylic acids is 2. The van der Waals surface area contributed by atoms with Gasteiger partial charge in [0.1, 0.15) is 17.3 Å². The minimum absolute atomic E-state index is 0.0989. The van der Waals surface area contributed by atoms with Crippen molar-refractivity contribution in [1.82, 2.24) is 5.32 Å². The Morgan fingerprint density at radius 2 is 1.68 bits per heavy atom. The van der Waals surface area contributed by atoms with Crippen LogP contribution >= 0.6 is 23.2 Å². The number of rotatable bonds is 3. The van der Waals surface area contributed by atoms with E-state index in [-0.39, 0.29) is 21.9 Å². The Balaban J connectivity index is 0.000000505. The van der Waals surface area contributed by atoms with Gasteiger partial charge < -0.3 is 15.5 Å². The van der Waals surface area contributed by atoms with E-state index in [9.17, 15) is 27.9 Å². The maximum atomic E-state index is 15.3. The van der Waals surface area contributed by atoms with E-state index in [1.54, 1.807) is 24.3 Å². The van der Waals surface area contributed by atoms with E-state index in [2.05, 4.69) is 10.6 Å². The topological polar surface area (TPSA) is 116 Å². The highest BCUT2D eigenvalue weighted by molar-refractivity contribution is 6.31. The van der Waals surface area contributed by atoms with Crippen molar-refractivity contribution in [3.63, 3.8) is 0 Å². The van der Waals surface area contributed by atoms with Crippen LogP contribution < -0.4 is 10.6 Å². The molecule has 4 rings (SSSR count). The van der Waals surface area contributed by atoms with Crippen molar-refractivity contribution in [2.75, 3.05) is 5.32 Å². The monoisotopic (exact) mass is 578 g/mol. The number of benzene rings is 2. The summed E-state index contributed by atoms with van der Waals surface area (Å²) in [5.74, 6) is -6.02. The molecule has 7 nitrogen and oxygen atoms in total. The lowest BCUT2D eigenvalue weighted by Crippen LogP contribution is -2.49. The highest BCUT2D eigenvalue weighted by atomic mass is 35.5. The zero-order valence-electron chi connectivity index (χ0n) is 20.3. The number of nitrogens with one attached hydrogen (secondary N) is 2. The smallest absolute Gasteiger partial charge is 0.480 e. The maximum Gasteiger partial charge on any atom is 0.490 e. The molecule has 2 aromatic carbocycles. The number of amides is 1. The van der Waals surface area contributed by atoms with Gasteiger partial charge in [-0.2, -0.15) is 13.2 Å². The lowest BCUT2D eigenvalue weighted by molar-refractivity contribution is -0.192. The third-order valence-electron chi connectivity index (χ3n) is 6.45. The Morgan fingerprint density at radius 3 is 2.21 bits per heavy atom. The van der Waals surface area contributed by atoms with Gasteiger partial charge >= 0.3 is 18.1 Å². The van der Waals surface area contributed by atoms with E-state index in [1.165, 1.54) is 12.1 Å². The zero-order valence-corrected chi connectivity index (χ0v) is 21.8. The van der Waals surface area contributed by atoms with Gasteiger partial charge in [-0.1, -0.05) is 62.2 Å². The number of carboxylic acid groups (broad SMARTS) is 2. The van der Waals surface area contributed by atoms with Gasteiger partial charge in [0, 0.05) is 22.7 Å². The van der Waals surface area contributed by atoms with Crippen molar-refractivity contribution in [1.29, 1.82) is 0 Å². The number of carbonyl (C=O) groups excluding carboxylic acids is 1. The Morgan fingerprint density at radius 1 is 1.08 bits per heavy atom. The van der Waals surface area contributed by atoms with E-state index in [1.807, 2.05) is 20.8 Å². The molecule has 206 valence electrons. The zero-order chi connectivity index (χ0) is 28.8. The summed E-state index contributed by atoms with van der Waals surface area (Å²) in [5, 5.41) is 23.5. The van der Waals surface area contributed by atoms with Crippen LogP contribution in [0, 0.1) is 11.2 Å². The van der Waals surface area contributed by atoms with Crippen LogP contribution in [0.4, 0.5) is 23.2 Å². The molecular formula is C25H24Cl2F4N2O5. The molecule has 2 aliphatic rings. The normalized spacial score (nSPS) is 24.4. The van der Waals surface area contributed by atoms with Crippen LogP contribution in [-0.4, -0.2) is 46.3 Å². The van der Waals surface area contributed by atoms with Gasteiger partial charge in [-0.3, -0.25) is 14.9 Å². The average Bonchev–Trinajstić information content (AvgIpc) is 3.24. The number of halogens is 6. The van der Waals surface area contributed by atoms with Crippen molar-refractivity contribution in [2.24, 2.45) is 5.41 Å². The number of anilines is 1. The quantitative estimate of drug-likeness (QED) is 0.352. The van der Waals surface area contributed by atoms with Crippen molar-refractivity contribution < 1.29 is 42.2 Å². The number of alkyl halides is 3. The van der Waals surface area contributed by atoms with Crippen LogP contribution in [0.25, 0.3) is 0 Å². The molecule has 0 aliphatic carbocycles. The molecule has 1 spiro atoms. The van der Waals surface area contributed by atoms with Gasteiger partial charge in [0.05, 0.1) is 5.02 Å². The lowest BCUT2D eigenvalue weighted by atomic mass is 9.62. The summed E-state index contributed by atoms with van der Waals surface area (Å²) in [7, 11) is 0. The SMILES string of the molecule is CC(C)(C)C[C@H]1NC(C(=O)O)[C@H](c2cccc(Cl)c2F)[C@@]12C(=O)Nc1cc(Cl)ccc12.O=C(O)C(F)(F)F. The van der Waals surface area contributed by atoms with Crippen molar-refractivity contribution in [2.45, 2.75) is 56.8 Å². The fourth-order valence-electron chi connectivity index (χ4n) is 5.14. The fraction of sp³-hybridized carbons (Fsp3) is 0.400. The van der Waals surface area contributed by atoms with Gasteiger partial charge in [0.2, 0.25) is 5.91 Å². The van der Waals surface area contributed by atoms with Crippen LogP contribution in [0.2, 0.25) is 10.0 Å². The molecule has 0 bridgehead atoms. The summed E-state index contributed by atoms with van der Waals surface area (Å²) in [5.41, 5.74) is -0.359. The van der Waals surface area contributed by atoms with E-state index < -0.39 is 47.3 Å². The molecular weight excluding hydrogens is 555 g/mol. The highest BCUT2D eigenvalue weighted by Crippen LogP contribution is 2.57. The molecule has 38 heavy (non-hydrogen) atoms. The minimum atomic E-state index is -5.08. The molecule has 1 saturated heterocycles.